The molecule has 3 heteroatoms. The van der Waals surface area contributed by atoms with Crippen LogP contribution in [0.3, 0.4) is 0 Å². The summed E-state index contributed by atoms with van der Waals surface area (Å²) in [6.45, 7) is 3.43. The topological polar surface area (TPSA) is 42.0 Å². The van der Waals surface area contributed by atoms with Crippen LogP contribution in [-0.2, 0) is 11.2 Å². The van der Waals surface area contributed by atoms with Gasteiger partial charge < -0.3 is 5.32 Å². The van der Waals surface area contributed by atoms with Gasteiger partial charge in [-0.05, 0) is 25.1 Å². The molecule has 0 saturated carbocycles. The van der Waals surface area contributed by atoms with Crippen molar-refractivity contribution in [2.45, 2.75) is 19.8 Å². The van der Waals surface area contributed by atoms with E-state index in [1.165, 1.54) is 0 Å². The first-order valence-electron chi connectivity index (χ1n) is 4.95. The predicted molar refractivity (Wildman–Crippen MR) is 56.1 cm³/mol. The lowest BCUT2D eigenvalue weighted by Gasteiger charge is -2.01. The van der Waals surface area contributed by atoms with Gasteiger partial charge in [0.15, 0.2) is 5.78 Å². The molecule has 0 atom stereocenters. The minimum atomic E-state index is 0.192. The van der Waals surface area contributed by atoms with Crippen LogP contribution in [0.5, 0.6) is 0 Å². The molecule has 1 heterocycles. The zero-order valence-corrected chi connectivity index (χ0v) is 8.49. The van der Waals surface area contributed by atoms with Gasteiger partial charge in [0.05, 0.1) is 13.0 Å². The lowest BCUT2D eigenvalue weighted by atomic mass is 10.2. The van der Waals surface area contributed by atoms with E-state index in [2.05, 4.69) is 17.2 Å². The maximum Gasteiger partial charge on any atom is 0.152 e. The van der Waals surface area contributed by atoms with Gasteiger partial charge >= 0.3 is 0 Å². The van der Waals surface area contributed by atoms with E-state index in [0.717, 1.165) is 18.7 Å². The summed E-state index contributed by atoms with van der Waals surface area (Å²) in [5.41, 5.74) is 0.843. The number of aromatic nitrogens is 1. The minimum Gasteiger partial charge on any atom is -0.310 e. The maximum atomic E-state index is 11.4. The first kappa shape index (κ1) is 10.9. The SMILES string of the molecule is CCCNCC(=O)Cc1ccccn1. The average molecular weight is 192 g/mol. The molecule has 76 valence electrons. The summed E-state index contributed by atoms with van der Waals surface area (Å²) in [5.74, 6) is 0.192. The fourth-order valence-electron chi connectivity index (χ4n) is 1.17. The summed E-state index contributed by atoms with van der Waals surface area (Å²) >= 11 is 0. The molecule has 0 fully saturated rings. The fourth-order valence-corrected chi connectivity index (χ4v) is 1.17. The number of carbonyl (C=O) groups is 1. The molecule has 0 aliphatic carbocycles. The second-order valence-corrected chi connectivity index (χ2v) is 3.21. The Labute approximate surface area is 84.6 Å². The Bertz CT molecular complexity index is 272. The summed E-state index contributed by atoms with van der Waals surface area (Å²) in [7, 11) is 0. The molecule has 0 aliphatic heterocycles. The largest absolute Gasteiger partial charge is 0.310 e. The van der Waals surface area contributed by atoms with Crippen LogP contribution < -0.4 is 5.32 Å². The lowest BCUT2D eigenvalue weighted by Crippen LogP contribution is -2.24. The smallest absolute Gasteiger partial charge is 0.152 e. The van der Waals surface area contributed by atoms with Crippen LogP contribution in [0.4, 0.5) is 0 Å². The molecular formula is C11H16N2O. The fraction of sp³-hybridized carbons (Fsp3) is 0.455. The van der Waals surface area contributed by atoms with E-state index in [4.69, 9.17) is 0 Å². The highest BCUT2D eigenvalue weighted by Gasteiger charge is 2.02. The monoisotopic (exact) mass is 192 g/mol. The van der Waals surface area contributed by atoms with Gasteiger partial charge in [-0.2, -0.15) is 0 Å². The van der Waals surface area contributed by atoms with E-state index in [9.17, 15) is 4.79 Å². The quantitative estimate of drug-likeness (QED) is 0.688. The number of nitrogens with one attached hydrogen (secondary N) is 1. The van der Waals surface area contributed by atoms with Crippen molar-refractivity contribution in [3.63, 3.8) is 0 Å². The van der Waals surface area contributed by atoms with Crippen LogP contribution in [0.25, 0.3) is 0 Å². The summed E-state index contributed by atoms with van der Waals surface area (Å²) < 4.78 is 0. The molecule has 0 amide bonds. The van der Waals surface area contributed by atoms with Crippen molar-refractivity contribution >= 4 is 5.78 Å². The van der Waals surface area contributed by atoms with Crippen LogP contribution in [0.1, 0.15) is 19.0 Å². The van der Waals surface area contributed by atoms with Gasteiger partial charge in [0.1, 0.15) is 0 Å². The van der Waals surface area contributed by atoms with Crippen LogP contribution in [-0.4, -0.2) is 23.9 Å². The Hall–Kier alpha value is -1.22. The van der Waals surface area contributed by atoms with Crippen molar-refractivity contribution in [2.24, 2.45) is 0 Å². The van der Waals surface area contributed by atoms with E-state index in [1.54, 1.807) is 6.20 Å². The van der Waals surface area contributed by atoms with Gasteiger partial charge in [0, 0.05) is 11.9 Å². The lowest BCUT2D eigenvalue weighted by molar-refractivity contribution is -0.117. The Morgan fingerprint density at radius 2 is 2.36 bits per heavy atom. The number of hydrogen-bond acceptors (Lipinski definition) is 3. The van der Waals surface area contributed by atoms with Crippen molar-refractivity contribution in [3.8, 4) is 0 Å². The number of nitrogens with zero attached hydrogens (tertiary/aromatic N) is 1. The highest BCUT2D eigenvalue weighted by molar-refractivity contribution is 5.82. The molecule has 1 aromatic heterocycles. The van der Waals surface area contributed by atoms with Gasteiger partial charge in [0.2, 0.25) is 0 Å². The molecule has 3 nitrogen and oxygen atoms in total. The Kier molecular flexibility index (Phi) is 4.86. The Morgan fingerprint density at radius 1 is 1.50 bits per heavy atom. The van der Waals surface area contributed by atoms with E-state index in [0.29, 0.717) is 13.0 Å². The van der Waals surface area contributed by atoms with Crippen LogP contribution >= 0.6 is 0 Å². The number of hydrogen-bond donors (Lipinski definition) is 1. The highest BCUT2D eigenvalue weighted by atomic mass is 16.1. The number of rotatable bonds is 6. The zero-order valence-electron chi connectivity index (χ0n) is 8.49. The molecule has 0 unspecified atom stereocenters. The molecule has 0 aliphatic rings. The van der Waals surface area contributed by atoms with E-state index in [1.807, 2.05) is 18.2 Å². The second kappa shape index (κ2) is 6.27. The molecule has 0 radical (unpaired) electrons. The number of pyridine rings is 1. The van der Waals surface area contributed by atoms with Crippen molar-refractivity contribution in [1.82, 2.24) is 10.3 Å². The Morgan fingerprint density at radius 3 is 3.00 bits per heavy atom. The molecular weight excluding hydrogens is 176 g/mol. The maximum absolute atomic E-state index is 11.4. The van der Waals surface area contributed by atoms with Gasteiger partial charge in [-0.25, -0.2) is 0 Å². The molecule has 1 aromatic rings. The summed E-state index contributed by atoms with van der Waals surface area (Å²) in [6.07, 6.45) is 3.19. The third kappa shape index (κ3) is 4.14. The second-order valence-electron chi connectivity index (χ2n) is 3.21. The summed E-state index contributed by atoms with van der Waals surface area (Å²) in [6, 6.07) is 5.62. The van der Waals surface area contributed by atoms with E-state index in [-0.39, 0.29) is 5.78 Å². The predicted octanol–water partition coefficient (Wildman–Crippen LogP) is 1.19. The van der Waals surface area contributed by atoms with Gasteiger partial charge in [-0.1, -0.05) is 13.0 Å². The van der Waals surface area contributed by atoms with Crippen molar-refractivity contribution in [3.05, 3.63) is 30.1 Å². The molecule has 0 bridgehead atoms. The van der Waals surface area contributed by atoms with Crippen LogP contribution in [0.2, 0.25) is 0 Å². The average Bonchev–Trinajstić information content (AvgIpc) is 2.20. The molecule has 0 saturated heterocycles. The van der Waals surface area contributed by atoms with Crippen LogP contribution in [0.15, 0.2) is 24.4 Å². The third-order valence-corrected chi connectivity index (χ3v) is 1.85. The van der Waals surface area contributed by atoms with Gasteiger partial charge in [-0.3, -0.25) is 9.78 Å². The van der Waals surface area contributed by atoms with Crippen LogP contribution in [0, 0.1) is 0 Å². The molecule has 1 rings (SSSR count). The normalized spacial score (nSPS) is 10.1. The number of carbonyl (C=O) groups excluding carboxylic acids is 1. The van der Waals surface area contributed by atoms with Gasteiger partial charge in [0.25, 0.3) is 0 Å². The van der Waals surface area contributed by atoms with E-state index < -0.39 is 0 Å². The minimum absolute atomic E-state index is 0.192. The van der Waals surface area contributed by atoms with Gasteiger partial charge in [-0.15, -0.1) is 0 Å². The molecule has 0 spiro atoms. The van der Waals surface area contributed by atoms with Crippen molar-refractivity contribution < 1.29 is 4.79 Å². The standard InChI is InChI=1S/C11H16N2O/c1-2-6-12-9-11(14)8-10-5-3-4-7-13-10/h3-5,7,12H,2,6,8-9H2,1H3. The molecule has 14 heavy (non-hydrogen) atoms. The highest BCUT2D eigenvalue weighted by Crippen LogP contribution is 1.94. The zero-order chi connectivity index (χ0) is 10.2. The molecule has 1 N–H and O–H groups in total. The third-order valence-electron chi connectivity index (χ3n) is 1.85. The summed E-state index contributed by atoms with van der Waals surface area (Å²) in [5, 5.41) is 3.08. The Balaban J connectivity index is 2.27. The number of Topliss-reactive ketones (excluding diaryl/α,β-unsaturated/α-hetero) is 1. The number of ketones is 1. The molecule has 0 aromatic carbocycles. The van der Waals surface area contributed by atoms with Crippen molar-refractivity contribution in [2.75, 3.05) is 13.1 Å². The first-order valence-corrected chi connectivity index (χ1v) is 4.95. The van der Waals surface area contributed by atoms with E-state index >= 15 is 0 Å². The van der Waals surface area contributed by atoms with Crippen molar-refractivity contribution in [1.29, 1.82) is 0 Å². The first-order chi connectivity index (χ1) is 6.83. The summed E-state index contributed by atoms with van der Waals surface area (Å²) in [4.78, 5) is 15.5.